The fraction of sp³-hybridized carbons (Fsp3) is 0.353. The number of aromatic nitrogens is 4. The van der Waals surface area contributed by atoms with Crippen molar-refractivity contribution < 1.29 is 0 Å². The average Bonchev–Trinajstić information content (AvgIpc) is 2.79. The number of nitrogens with two attached hydrogens (primary N) is 1. The molecule has 0 aliphatic carbocycles. The molecule has 124 valence electrons. The van der Waals surface area contributed by atoms with Crippen LogP contribution in [0.5, 0.6) is 0 Å². The SMILES string of the molecule is Nn1cc(-c2ccnc(N3CCCCCC3)n2)c2cc(Cl)cnc21. The second-order valence-corrected chi connectivity index (χ2v) is 6.55. The molecule has 3 aromatic heterocycles. The quantitative estimate of drug-likeness (QED) is 0.724. The highest BCUT2D eigenvalue weighted by atomic mass is 35.5. The van der Waals surface area contributed by atoms with E-state index >= 15 is 0 Å². The Morgan fingerprint density at radius 3 is 2.67 bits per heavy atom. The van der Waals surface area contributed by atoms with Gasteiger partial charge < -0.3 is 10.7 Å². The molecule has 0 amide bonds. The first-order chi connectivity index (χ1) is 11.7. The molecule has 1 aliphatic heterocycles. The standard InChI is InChI=1S/C17H19ClN6/c18-12-9-13-14(11-24(19)16(13)21-10-12)15-5-6-20-17(22-15)23-7-3-1-2-4-8-23/h5-6,9-11H,1-4,7-8,19H2. The second-order valence-electron chi connectivity index (χ2n) is 6.12. The minimum absolute atomic E-state index is 0.580. The third kappa shape index (κ3) is 2.78. The van der Waals surface area contributed by atoms with Gasteiger partial charge in [-0.1, -0.05) is 24.4 Å². The van der Waals surface area contributed by atoms with E-state index in [0.717, 1.165) is 35.7 Å². The summed E-state index contributed by atoms with van der Waals surface area (Å²) in [6.45, 7) is 2.02. The third-order valence-electron chi connectivity index (χ3n) is 4.44. The number of pyridine rings is 1. The predicted molar refractivity (Wildman–Crippen MR) is 96.6 cm³/mol. The maximum Gasteiger partial charge on any atom is 0.225 e. The van der Waals surface area contributed by atoms with Gasteiger partial charge in [-0.05, 0) is 25.0 Å². The van der Waals surface area contributed by atoms with Crippen LogP contribution in [-0.2, 0) is 0 Å². The van der Waals surface area contributed by atoms with E-state index in [1.807, 2.05) is 18.3 Å². The van der Waals surface area contributed by atoms with Crippen LogP contribution in [0.2, 0.25) is 5.02 Å². The Kier molecular flexibility index (Phi) is 3.98. The van der Waals surface area contributed by atoms with E-state index in [-0.39, 0.29) is 0 Å². The number of rotatable bonds is 2. The van der Waals surface area contributed by atoms with Crippen LogP contribution in [0.1, 0.15) is 25.7 Å². The van der Waals surface area contributed by atoms with Crippen molar-refractivity contribution in [2.24, 2.45) is 0 Å². The minimum Gasteiger partial charge on any atom is -0.341 e. The molecule has 6 nitrogen and oxygen atoms in total. The molecule has 24 heavy (non-hydrogen) atoms. The summed E-state index contributed by atoms with van der Waals surface area (Å²) in [6.07, 6.45) is 10.2. The summed E-state index contributed by atoms with van der Waals surface area (Å²) in [7, 11) is 0. The van der Waals surface area contributed by atoms with Gasteiger partial charge >= 0.3 is 0 Å². The largest absolute Gasteiger partial charge is 0.341 e. The number of fused-ring (bicyclic) bond motifs is 1. The number of anilines is 1. The molecule has 2 N–H and O–H groups in total. The Balaban J connectivity index is 1.77. The highest BCUT2D eigenvalue weighted by Gasteiger charge is 2.16. The molecule has 1 aliphatic rings. The Hall–Kier alpha value is -2.34. The van der Waals surface area contributed by atoms with Gasteiger partial charge in [0.15, 0.2) is 5.65 Å². The van der Waals surface area contributed by atoms with Gasteiger partial charge in [0.25, 0.3) is 0 Å². The Bertz CT molecular complexity index is 867. The second kappa shape index (κ2) is 6.28. The lowest BCUT2D eigenvalue weighted by atomic mass is 10.1. The van der Waals surface area contributed by atoms with Crippen LogP contribution in [0.4, 0.5) is 5.95 Å². The van der Waals surface area contributed by atoms with Crippen molar-refractivity contribution in [3.63, 3.8) is 0 Å². The molecule has 0 bridgehead atoms. The van der Waals surface area contributed by atoms with Crippen molar-refractivity contribution in [2.75, 3.05) is 23.8 Å². The van der Waals surface area contributed by atoms with Crippen LogP contribution in [0.25, 0.3) is 22.3 Å². The van der Waals surface area contributed by atoms with Gasteiger partial charge in [-0.3, -0.25) is 4.68 Å². The highest BCUT2D eigenvalue weighted by Crippen LogP contribution is 2.30. The van der Waals surface area contributed by atoms with E-state index in [1.54, 1.807) is 12.4 Å². The lowest BCUT2D eigenvalue weighted by Crippen LogP contribution is -2.26. The monoisotopic (exact) mass is 342 g/mol. The van der Waals surface area contributed by atoms with Crippen LogP contribution < -0.4 is 10.7 Å². The molecule has 1 saturated heterocycles. The summed E-state index contributed by atoms with van der Waals surface area (Å²) in [6, 6.07) is 3.77. The zero-order valence-corrected chi connectivity index (χ0v) is 14.1. The molecule has 0 saturated carbocycles. The Labute approximate surface area is 145 Å². The number of halogens is 1. The van der Waals surface area contributed by atoms with Crippen LogP contribution in [0.3, 0.4) is 0 Å². The molecule has 4 rings (SSSR count). The van der Waals surface area contributed by atoms with Crippen molar-refractivity contribution in [1.82, 2.24) is 19.6 Å². The highest BCUT2D eigenvalue weighted by molar-refractivity contribution is 6.31. The molecule has 0 radical (unpaired) electrons. The summed E-state index contributed by atoms with van der Waals surface area (Å²) >= 11 is 6.10. The van der Waals surface area contributed by atoms with Crippen LogP contribution in [0, 0.1) is 0 Å². The first kappa shape index (κ1) is 15.2. The van der Waals surface area contributed by atoms with Gasteiger partial charge in [0, 0.05) is 42.6 Å². The zero-order chi connectivity index (χ0) is 16.5. The summed E-state index contributed by atoms with van der Waals surface area (Å²) < 4.78 is 1.51. The van der Waals surface area contributed by atoms with Gasteiger partial charge in [0.2, 0.25) is 5.95 Å². The van der Waals surface area contributed by atoms with E-state index in [2.05, 4.69) is 14.9 Å². The number of nitrogen functional groups attached to an aromatic ring is 1. The van der Waals surface area contributed by atoms with Crippen LogP contribution in [-0.4, -0.2) is 32.7 Å². The molecule has 0 spiro atoms. The summed E-state index contributed by atoms with van der Waals surface area (Å²) in [5, 5.41) is 1.47. The molecular formula is C17H19ClN6. The molecule has 0 unspecified atom stereocenters. The third-order valence-corrected chi connectivity index (χ3v) is 4.65. The summed E-state index contributed by atoms with van der Waals surface area (Å²) in [5.41, 5.74) is 2.44. The van der Waals surface area contributed by atoms with E-state index in [9.17, 15) is 0 Å². The van der Waals surface area contributed by atoms with Crippen LogP contribution >= 0.6 is 11.6 Å². The van der Waals surface area contributed by atoms with Gasteiger partial charge in [-0.2, -0.15) is 0 Å². The van der Waals surface area contributed by atoms with E-state index < -0.39 is 0 Å². The fourth-order valence-electron chi connectivity index (χ4n) is 3.23. The van der Waals surface area contributed by atoms with Crippen LogP contribution in [0.15, 0.2) is 30.7 Å². The van der Waals surface area contributed by atoms with Gasteiger partial charge in [0.1, 0.15) is 0 Å². The van der Waals surface area contributed by atoms with Crippen molar-refractivity contribution in [2.45, 2.75) is 25.7 Å². The maximum atomic E-state index is 6.10. The minimum atomic E-state index is 0.580. The molecule has 1 fully saturated rings. The molecule has 4 heterocycles. The van der Waals surface area contributed by atoms with Crippen molar-refractivity contribution in [3.8, 4) is 11.3 Å². The topological polar surface area (TPSA) is 72.9 Å². The Morgan fingerprint density at radius 1 is 1.08 bits per heavy atom. The maximum absolute atomic E-state index is 6.10. The van der Waals surface area contributed by atoms with E-state index in [4.69, 9.17) is 22.4 Å². The smallest absolute Gasteiger partial charge is 0.225 e. The van der Waals surface area contributed by atoms with Gasteiger partial charge in [-0.15, -0.1) is 0 Å². The lowest BCUT2D eigenvalue weighted by Gasteiger charge is -2.20. The van der Waals surface area contributed by atoms with Gasteiger partial charge in [0.05, 0.1) is 10.7 Å². The Morgan fingerprint density at radius 2 is 1.88 bits per heavy atom. The normalized spacial score (nSPS) is 15.6. The van der Waals surface area contributed by atoms with Gasteiger partial charge in [-0.25, -0.2) is 15.0 Å². The average molecular weight is 343 g/mol. The first-order valence-electron chi connectivity index (χ1n) is 8.22. The molecule has 0 atom stereocenters. The van der Waals surface area contributed by atoms with Crippen molar-refractivity contribution >= 4 is 28.6 Å². The molecule has 0 aromatic carbocycles. The summed E-state index contributed by atoms with van der Waals surface area (Å²) in [5.74, 6) is 6.80. The van der Waals surface area contributed by atoms with Crippen molar-refractivity contribution in [3.05, 3.63) is 35.7 Å². The predicted octanol–water partition coefficient (Wildman–Crippen LogP) is 3.24. The van der Waals surface area contributed by atoms with Crippen molar-refractivity contribution in [1.29, 1.82) is 0 Å². The first-order valence-corrected chi connectivity index (χ1v) is 8.60. The van der Waals surface area contributed by atoms with E-state index in [0.29, 0.717) is 10.7 Å². The zero-order valence-electron chi connectivity index (χ0n) is 13.3. The summed E-state index contributed by atoms with van der Waals surface area (Å²) in [4.78, 5) is 15.8. The fourth-order valence-corrected chi connectivity index (χ4v) is 3.39. The number of nitrogens with zero attached hydrogens (tertiary/aromatic N) is 5. The molecule has 3 aromatic rings. The lowest BCUT2D eigenvalue weighted by molar-refractivity contribution is 0.726. The number of hydrogen-bond donors (Lipinski definition) is 1. The molecular weight excluding hydrogens is 324 g/mol. The molecule has 7 heteroatoms. The van der Waals surface area contributed by atoms with E-state index in [1.165, 1.54) is 30.4 Å². The number of hydrogen-bond acceptors (Lipinski definition) is 5.